The second kappa shape index (κ2) is 6.95. The van der Waals surface area contributed by atoms with Gasteiger partial charge >= 0.3 is 0 Å². The molecule has 0 unspecified atom stereocenters. The summed E-state index contributed by atoms with van der Waals surface area (Å²) in [6, 6.07) is 11.3. The van der Waals surface area contributed by atoms with Crippen LogP contribution in [-0.4, -0.2) is 50.7 Å². The average Bonchev–Trinajstić information content (AvgIpc) is 3.43. The van der Waals surface area contributed by atoms with Crippen molar-refractivity contribution in [2.75, 3.05) is 19.9 Å². The fourth-order valence-electron chi connectivity index (χ4n) is 3.63. The fourth-order valence-corrected chi connectivity index (χ4v) is 3.63. The van der Waals surface area contributed by atoms with E-state index in [1.807, 2.05) is 34.0 Å². The van der Waals surface area contributed by atoms with Crippen molar-refractivity contribution < 1.29 is 14.3 Å². The molecule has 0 spiro atoms. The third kappa shape index (κ3) is 3.06. The molecule has 28 heavy (non-hydrogen) atoms. The van der Waals surface area contributed by atoms with Crippen LogP contribution in [0.4, 0.5) is 0 Å². The summed E-state index contributed by atoms with van der Waals surface area (Å²) in [6.07, 6.45) is 5.35. The summed E-state index contributed by atoms with van der Waals surface area (Å²) >= 11 is 0. The Morgan fingerprint density at radius 3 is 2.71 bits per heavy atom. The van der Waals surface area contributed by atoms with Gasteiger partial charge in [-0.3, -0.25) is 9.78 Å². The predicted octanol–water partition coefficient (Wildman–Crippen LogP) is 2.55. The summed E-state index contributed by atoms with van der Waals surface area (Å²) in [7, 11) is 0. The number of carbonyl (C=O) groups is 1. The highest BCUT2D eigenvalue weighted by atomic mass is 16.7. The van der Waals surface area contributed by atoms with Gasteiger partial charge in [0.25, 0.3) is 5.91 Å². The largest absolute Gasteiger partial charge is 0.454 e. The quantitative estimate of drug-likeness (QED) is 0.698. The molecule has 4 heterocycles. The molecule has 1 amide bonds. The molecule has 0 bridgehead atoms. The number of fused-ring (bicyclic) bond motifs is 1. The van der Waals surface area contributed by atoms with Gasteiger partial charge in [0.2, 0.25) is 6.79 Å². The topological polar surface area (TPSA) is 82.4 Å². The number of hydrogen-bond donors (Lipinski definition) is 0. The van der Waals surface area contributed by atoms with Crippen LogP contribution in [0.3, 0.4) is 0 Å². The second-order valence-electron chi connectivity index (χ2n) is 6.89. The van der Waals surface area contributed by atoms with E-state index in [0.29, 0.717) is 30.2 Å². The van der Waals surface area contributed by atoms with Gasteiger partial charge in [-0.25, -0.2) is 4.68 Å². The first kappa shape index (κ1) is 16.7. The minimum Gasteiger partial charge on any atom is -0.454 e. The number of carbonyl (C=O) groups excluding carboxylic acids is 1. The van der Waals surface area contributed by atoms with E-state index >= 15 is 0 Å². The molecule has 3 aromatic rings. The highest BCUT2D eigenvalue weighted by Gasteiger charge is 2.26. The normalized spacial score (nSPS) is 16.4. The SMILES string of the molecule is O=C(c1ccc2c(c1)OCO2)N1CCC(n2cc(-c3ccccn3)nn2)CC1. The van der Waals surface area contributed by atoms with Crippen molar-refractivity contribution in [1.29, 1.82) is 0 Å². The number of rotatable bonds is 3. The maximum absolute atomic E-state index is 12.8. The molecule has 2 aliphatic heterocycles. The zero-order valence-electron chi connectivity index (χ0n) is 15.2. The monoisotopic (exact) mass is 377 g/mol. The van der Waals surface area contributed by atoms with Crippen LogP contribution in [0.15, 0.2) is 48.8 Å². The predicted molar refractivity (Wildman–Crippen MR) is 100.0 cm³/mol. The van der Waals surface area contributed by atoms with E-state index < -0.39 is 0 Å². The zero-order valence-corrected chi connectivity index (χ0v) is 15.2. The zero-order chi connectivity index (χ0) is 18.9. The molecule has 2 aromatic heterocycles. The van der Waals surface area contributed by atoms with E-state index in [4.69, 9.17) is 9.47 Å². The Kier molecular flexibility index (Phi) is 4.16. The van der Waals surface area contributed by atoms with Crippen molar-refractivity contribution in [3.8, 4) is 22.9 Å². The van der Waals surface area contributed by atoms with E-state index in [1.165, 1.54) is 0 Å². The van der Waals surface area contributed by atoms with Gasteiger partial charge in [-0.05, 0) is 43.2 Å². The highest BCUT2D eigenvalue weighted by Crippen LogP contribution is 2.33. The third-order valence-corrected chi connectivity index (χ3v) is 5.18. The van der Waals surface area contributed by atoms with Gasteiger partial charge in [-0.15, -0.1) is 5.10 Å². The Bertz CT molecular complexity index is 996. The van der Waals surface area contributed by atoms with Gasteiger partial charge < -0.3 is 14.4 Å². The first-order valence-corrected chi connectivity index (χ1v) is 9.30. The van der Waals surface area contributed by atoms with E-state index in [0.717, 1.165) is 24.2 Å². The van der Waals surface area contributed by atoms with Crippen molar-refractivity contribution in [2.24, 2.45) is 0 Å². The van der Waals surface area contributed by atoms with Crippen LogP contribution in [0, 0.1) is 0 Å². The fraction of sp³-hybridized carbons (Fsp3) is 0.300. The molecule has 1 aromatic carbocycles. The van der Waals surface area contributed by atoms with Crippen molar-refractivity contribution in [3.05, 3.63) is 54.4 Å². The van der Waals surface area contributed by atoms with Crippen LogP contribution in [0.5, 0.6) is 11.5 Å². The molecule has 0 radical (unpaired) electrons. The summed E-state index contributed by atoms with van der Waals surface area (Å²) in [5.41, 5.74) is 2.20. The van der Waals surface area contributed by atoms with Crippen molar-refractivity contribution in [3.63, 3.8) is 0 Å². The third-order valence-electron chi connectivity index (χ3n) is 5.18. The van der Waals surface area contributed by atoms with Crippen LogP contribution in [-0.2, 0) is 0 Å². The Hall–Kier alpha value is -3.42. The number of likely N-dealkylation sites (tertiary alicyclic amines) is 1. The number of nitrogens with zero attached hydrogens (tertiary/aromatic N) is 5. The van der Waals surface area contributed by atoms with E-state index in [-0.39, 0.29) is 18.7 Å². The van der Waals surface area contributed by atoms with Crippen LogP contribution in [0.1, 0.15) is 29.2 Å². The molecule has 2 aliphatic rings. The van der Waals surface area contributed by atoms with Gasteiger partial charge in [0.15, 0.2) is 11.5 Å². The van der Waals surface area contributed by atoms with E-state index in [2.05, 4.69) is 15.3 Å². The van der Waals surface area contributed by atoms with Crippen molar-refractivity contribution in [2.45, 2.75) is 18.9 Å². The van der Waals surface area contributed by atoms with Gasteiger partial charge in [-0.2, -0.15) is 0 Å². The Morgan fingerprint density at radius 2 is 1.89 bits per heavy atom. The maximum atomic E-state index is 12.8. The lowest BCUT2D eigenvalue weighted by Gasteiger charge is -2.31. The number of amides is 1. The molecule has 5 rings (SSSR count). The molecule has 0 saturated carbocycles. The lowest BCUT2D eigenvalue weighted by atomic mass is 10.0. The van der Waals surface area contributed by atoms with Gasteiger partial charge in [0.1, 0.15) is 5.69 Å². The first-order chi connectivity index (χ1) is 13.8. The van der Waals surface area contributed by atoms with Crippen LogP contribution in [0.2, 0.25) is 0 Å². The number of pyridine rings is 1. The number of ether oxygens (including phenoxy) is 2. The summed E-state index contributed by atoms with van der Waals surface area (Å²) in [5, 5.41) is 8.52. The lowest BCUT2D eigenvalue weighted by molar-refractivity contribution is 0.0689. The molecule has 0 aliphatic carbocycles. The highest BCUT2D eigenvalue weighted by molar-refractivity contribution is 5.95. The van der Waals surface area contributed by atoms with Crippen LogP contribution in [0.25, 0.3) is 11.4 Å². The van der Waals surface area contributed by atoms with Crippen molar-refractivity contribution in [1.82, 2.24) is 24.9 Å². The molecule has 1 fully saturated rings. The molecule has 1 saturated heterocycles. The summed E-state index contributed by atoms with van der Waals surface area (Å²) in [5.74, 6) is 1.33. The number of piperidine rings is 1. The standard InChI is InChI=1S/C20H19N5O3/c26-20(14-4-5-18-19(11-14)28-13-27-18)24-9-6-15(7-10-24)25-12-17(22-23-25)16-3-1-2-8-21-16/h1-5,8,11-12,15H,6-7,9-10,13H2. The molecule has 8 heteroatoms. The number of benzene rings is 1. The molecule has 8 nitrogen and oxygen atoms in total. The molecular formula is C20H19N5O3. The van der Waals surface area contributed by atoms with Gasteiger partial charge in [-0.1, -0.05) is 11.3 Å². The first-order valence-electron chi connectivity index (χ1n) is 9.30. The van der Waals surface area contributed by atoms with Gasteiger partial charge in [0, 0.05) is 24.8 Å². The molecule has 0 atom stereocenters. The van der Waals surface area contributed by atoms with E-state index in [9.17, 15) is 4.79 Å². The number of hydrogen-bond acceptors (Lipinski definition) is 6. The Labute approximate surface area is 161 Å². The number of aromatic nitrogens is 4. The van der Waals surface area contributed by atoms with Gasteiger partial charge in [0.05, 0.1) is 17.9 Å². The summed E-state index contributed by atoms with van der Waals surface area (Å²) in [4.78, 5) is 19.0. The molecule has 142 valence electrons. The average molecular weight is 377 g/mol. The summed E-state index contributed by atoms with van der Waals surface area (Å²) in [6.45, 7) is 1.56. The van der Waals surface area contributed by atoms with Crippen LogP contribution < -0.4 is 9.47 Å². The van der Waals surface area contributed by atoms with E-state index in [1.54, 1.807) is 24.4 Å². The lowest BCUT2D eigenvalue weighted by Crippen LogP contribution is -2.39. The Morgan fingerprint density at radius 1 is 1.04 bits per heavy atom. The summed E-state index contributed by atoms with van der Waals surface area (Å²) < 4.78 is 12.6. The molecular weight excluding hydrogens is 358 g/mol. The second-order valence-corrected chi connectivity index (χ2v) is 6.89. The van der Waals surface area contributed by atoms with Crippen molar-refractivity contribution >= 4 is 5.91 Å². The minimum absolute atomic E-state index is 0.0181. The minimum atomic E-state index is 0.0181. The molecule has 0 N–H and O–H groups in total. The Balaban J connectivity index is 1.24. The maximum Gasteiger partial charge on any atom is 0.253 e. The smallest absolute Gasteiger partial charge is 0.253 e. The van der Waals surface area contributed by atoms with Crippen LogP contribution >= 0.6 is 0 Å².